The molecule has 2 aliphatic rings. The van der Waals surface area contributed by atoms with Crippen LogP contribution >= 0.6 is 11.3 Å². The molecule has 0 spiro atoms. The van der Waals surface area contributed by atoms with Gasteiger partial charge in [-0.05, 0) is 25.0 Å². The molecule has 166 valence electrons. The van der Waals surface area contributed by atoms with Crippen molar-refractivity contribution < 1.29 is 23.4 Å². The Kier molecular flexibility index (Phi) is 5.01. The van der Waals surface area contributed by atoms with Crippen LogP contribution in [0.5, 0.6) is 5.75 Å². The third-order valence-corrected chi connectivity index (χ3v) is 6.69. The maximum Gasteiger partial charge on any atom is 0.276 e. The molecule has 0 radical (unpaired) electrons. The van der Waals surface area contributed by atoms with E-state index >= 15 is 0 Å². The molecule has 1 fully saturated rings. The fraction of sp³-hybridized carbons (Fsp3) is 0.333. The maximum atomic E-state index is 14.0. The summed E-state index contributed by atoms with van der Waals surface area (Å²) in [6, 6.07) is 3.21. The van der Waals surface area contributed by atoms with Crippen LogP contribution in [0.1, 0.15) is 34.4 Å². The number of hydrogen-bond donors (Lipinski definition) is 1. The van der Waals surface area contributed by atoms with Gasteiger partial charge in [0.05, 0.1) is 18.7 Å². The van der Waals surface area contributed by atoms with Crippen molar-refractivity contribution in [3.8, 4) is 16.3 Å². The molecule has 0 unspecified atom stereocenters. The Balaban J connectivity index is 1.50. The molecule has 4 heterocycles. The summed E-state index contributed by atoms with van der Waals surface area (Å²) >= 11 is 1.06. The van der Waals surface area contributed by atoms with E-state index in [0.29, 0.717) is 18.0 Å². The lowest BCUT2D eigenvalue weighted by Gasteiger charge is -2.44. The van der Waals surface area contributed by atoms with Gasteiger partial charge < -0.3 is 19.3 Å². The SMILES string of the molecule is C[C@H]1CCO[C@@H]2Cn3cc(-c4nnc(Cc5ccc(F)cc5F)s4)c(=O)c(O)c3C(=O)N12. The van der Waals surface area contributed by atoms with Crippen molar-refractivity contribution in [1.29, 1.82) is 0 Å². The molecule has 0 bridgehead atoms. The maximum absolute atomic E-state index is 14.0. The van der Waals surface area contributed by atoms with E-state index in [2.05, 4.69) is 10.2 Å². The Labute approximate surface area is 184 Å². The zero-order valence-corrected chi connectivity index (χ0v) is 17.7. The molecule has 1 aromatic carbocycles. The molecule has 11 heteroatoms. The normalized spacial score (nSPS) is 20.2. The number of hydrogen-bond acceptors (Lipinski definition) is 7. The number of halogens is 2. The number of amides is 1. The van der Waals surface area contributed by atoms with Gasteiger partial charge in [0.1, 0.15) is 16.6 Å². The molecule has 1 N–H and O–H groups in total. The summed E-state index contributed by atoms with van der Waals surface area (Å²) in [6.45, 7) is 2.68. The number of carbonyl (C=O) groups is 1. The van der Waals surface area contributed by atoms with Gasteiger partial charge >= 0.3 is 0 Å². The first-order chi connectivity index (χ1) is 15.3. The van der Waals surface area contributed by atoms with E-state index in [1.165, 1.54) is 16.8 Å². The molecule has 8 nitrogen and oxygen atoms in total. The number of fused-ring (bicyclic) bond motifs is 2. The van der Waals surface area contributed by atoms with Crippen molar-refractivity contribution in [2.45, 2.75) is 38.6 Å². The summed E-state index contributed by atoms with van der Waals surface area (Å²) in [5.41, 5.74) is -0.484. The first-order valence-corrected chi connectivity index (χ1v) is 10.8. The van der Waals surface area contributed by atoms with Gasteiger partial charge in [-0.25, -0.2) is 8.78 Å². The van der Waals surface area contributed by atoms with E-state index in [4.69, 9.17) is 4.74 Å². The number of aromatic hydroxyl groups is 1. The number of ether oxygens (including phenoxy) is 1. The second-order valence-corrected chi connectivity index (χ2v) is 8.87. The highest BCUT2D eigenvalue weighted by Gasteiger charge is 2.40. The van der Waals surface area contributed by atoms with Crippen molar-refractivity contribution in [3.05, 3.63) is 62.5 Å². The van der Waals surface area contributed by atoms with Crippen molar-refractivity contribution in [1.82, 2.24) is 19.7 Å². The van der Waals surface area contributed by atoms with Crippen LogP contribution in [0, 0.1) is 11.6 Å². The highest BCUT2D eigenvalue weighted by molar-refractivity contribution is 7.14. The standard InChI is InChI=1S/C21H18F2N4O4S/c1-10-4-5-31-16-9-26-8-13(18(28)19(29)17(26)21(30)27(10)16)20-25-24-15(32-20)6-11-2-3-12(22)7-14(11)23/h2-3,7-8,10,16,29H,4-6,9H2,1H3/t10-,16+/m0/s1. The summed E-state index contributed by atoms with van der Waals surface area (Å²) < 4.78 is 34.3. The largest absolute Gasteiger partial charge is 0.503 e. The fourth-order valence-electron chi connectivity index (χ4n) is 4.07. The van der Waals surface area contributed by atoms with Crippen LogP contribution in [0.4, 0.5) is 8.78 Å². The molecule has 1 amide bonds. The van der Waals surface area contributed by atoms with Gasteiger partial charge in [0, 0.05) is 24.7 Å². The molecule has 1 saturated heterocycles. The van der Waals surface area contributed by atoms with E-state index in [1.54, 1.807) is 4.90 Å². The van der Waals surface area contributed by atoms with E-state index in [-0.39, 0.29) is 40.8 Å². The molecule has 3 aromatic rings. The van der Waals surface area contributed by atoms with E-state index in [9.17, 15) is 23.5 Å². The quantitative estimate of drug-likeness (QED) is 0.645. The van der Waals surface area contributed by atoms with Crippen molar-refractivity contribution in [2.75, 3.05) is 6.61 Å². The lowest BCUT2D eigenvalue weighted by atomic mass is 10.1. The summed E-state index contributed by atoms with van der Waals surface area (Å²) in [5.74, 6) is -2.48. The second-order valence-electron chi connectivity index (χ2n) is 7.81. The topological polar surface area (TPSA) is 97.5 Å². The van der Waals surface area contributed by atoms with Gasteiger partial charge in [-0.3, -0.25) is 9.59 Å². The number of benzene rings is 1. The van der Waals surface area contributed by atoms with Crippen LogP contribution in [0.25, 0.3) is 10.6 Å². The molecular formula is C21H18F2N4O4S. The van der Waals surface area contributed by atoms with Crippen LogP contribution in [-0.4, -0.2) is 49.6 Å². The number of aromatic nitrogens is 3. The molecule has 2 aliphatic heterocycles. The van der Waals surface area contributed by atoms with Crippen LogP contribution in [0.3, 0.4) is 0 Å². The zero-order valence-electron chi connectivity index (χ0n) is 16.9. The van der Waals surface area contributed by atoms with E-state index in [1.807, 2.05) is 6.92 Å². The highest BCUT2D eigenvalue weighted by atomic mass is 32.1. The Morgan fingerprint density at radius 2 is 2.09 bits per heavy atom. The lowest BCUT2D eigenvalue weighted by molar-refractivity contribution is -0.112. The predicted octanol–water partition coefficient (Wildman–Crippen LogP) is 2.53. The third-order valence-electron chi connectivity index (χ3n) is 5.73. The van der Waals surface area contributed by atoms with Gasteiger partial charge in [-0.2, -0.15) is 0 Å². The van der Waals surface area contributed by atoms with Gasteiger partial charge in [0.2, 0.25) is 5.43 Å². The predicted molar refractivity (Wildman–Crippen MR) is 110 cm³/mol. The summed E-state index contributed by atoms with van der Waals surface area (Å²) in [6.07, 6.45) is 1.73. The number of rotatable bonds is 3. The van der Waals surface area contributed by atoms with E-state index < -0.39 is 34.9 Å². The van der Waals surface area contributed by atoms with Gasteiger partial charge in [0.15, 0.2) is 22.7 Å². The van der Waals surface area contributed by atoms with E-state index in [0.717, 1.165) is 23.5 Å². The Hall–Kier alpha value is -3.18. The third kappa shape index (κ3) is 3.37. The molecule has 32 heavy (non-hydrogen) atoms. The average molecular weight is 460 g/mol. The smallest absolute Gasteiger partial charge is 0.276 e. The minimum Gasteiger partial charge on any atom is -0.503 e. The zero-order chi connectivity index (χ0) is 22.6. The average Bonchev–Trinajstić information content (AvgIpc) is 3.21. The van der Waals surface area contributed by atoms with Crippen molar-refractivity contribution in [3.63, 3.8) is 0 Å². The number of nitrogens with zero attached hydrogens (tertiary/aromatic N) is 4. The van der Waals surface area contributed by atoms with Crippen LogP contribution in [0.2, 0.25) is 0 Å². The van der Waals surface area contributed by atoms with Gasteiger partial charge in [0.25, 0.3) is 5.91 Å². The first kappa shape index (κ1) is 20.7. The van der Waals surface area contributed by atoms with Crippen molar-refractivity contribution in [2.24, 2.45) is 0 Å². The van der Waals surface area contributed by atoms with Crippen LogP contribution in [0.15, 0.2) is 29.2 Å². The molecule has 2 aromatic heterocycles. The van der Waals surface area contributed by atoms with Gasteiger partial charge in [-0.1, -0.05) is 17.4 Å². The second kappa shape index (κ2) is 7.75. The molecular weight excluding hydrogens is 442 g/mol. The summed E-state index contributed by atoms with van der Waals surface area (Å²) in [4.78, 5) is 27.4. The molecule has 2 atom stereocenters. The lowest BCUT2D eigenvalue weighted by Crippen LogP contribution is -2.56. The minimum atomic E-state index is -0.732. The van der Waals surface area contributed by atoms with Crippen LogP contribution < -0.4 is 5.43 Å². The fourth-order valence-corrected chi connectivity index (χ4v) is 4.94. The summed E-state index contributed by atoms with van der Waals surface area (Å²) in [5, 5.41) is 19.2. The monoisotopic (exact) mass is 460 g/mol. The van der Waals surface area contributed by atoms with Crippen molar-refractivity contribution >= 4 is 17.2 Å². The number of carbonyl (C=O) groups excluding carboxylic acids is 1. The Morgan fingerprint density at radius 3 is 2.88 bits per heavy atom. The number of pyridine rings is 1. The summed E-state index contributed by atoms with van der Waals surface area (Å²) in [7, 11) is 0. The first-order valence-electron chi connectivity index (χ1n) is 10.0. The minimum absolute atomic E-state index is 0.0678. The highest BCUT2D eigenvalue weighted by Crippen LogP contribution is 2.32. The Morgan fingerprint density at radius 1 is 1.28 bits per heavy atom. The molecule has 0 saturated carbocycles. The molecule has 0 aliphatic carbocycles. The van der Waals surface area contributed by atoms with Gasteiger partial charge in [-0.15, -0.1) is 10.2 Å². The molecule has 5 rings (SSSR count). The van der Waals surface area contributed by atoms with Crippen LogP contribution in [-0.2, 0) is 17.7 Å². The Bertz CT molecular complexity index is 1290.